The van der Waals surface area contributed by atoms with Crippen molar-refractivity contribution in [3.05, 3.63) is 59.5 Å². The number of hydrogen-bond acceptors (Lipinski definition) is 9. The van der Waals surface area contributed by atoms with Gasteiger partial charge >= 0.3 is 0 Å². The summed E-state index contributed by atoms with van der Waals surface area (Å²) in [5, 5.41) is 41.6. The Morgan fingerprint density at radius 3 is 2.30 bits per heavy atom. The molecular formula is C32H34FN7O4. The maximum absolute atomic E-state index is 14.8. The van der Waals surface area contributed by atoms with Gasteiger partial charge in [0.25, 0.3) is 0 Å². The van der Waals surface area contributed by atoms with Crippen LogP contribution in [0.2, 0.25) is 0 Å². The third-order valence-corrected chi connectivity index (χ3v) is 7.65. The number of aromatic hydroxyl groups is 1. The summed E-state index contributed by atoms with van der Waals surface area (Å²) < 4.78 is 14.8. The van der Waals surface area contributed by atoms with Crippen LogP contribution in [0.3, 0.4) is 0 Å². The zero-order chi connectivity index (χ0) is 31.6. The molecule has 0 saturated carbocycles. The summed E-state index contributed by atoms with van der Waals surface area (Å²) >= 11 is 0. The number of nitrogens with one attached hydrogen (secondary N) is 2. The highest BCUT2D eigenvalue weighted by atomic mass is 19.1. The van der Waals surface area contributed by atoms with E-state index < -0.39 is 11.7 Å². The Hall–Kier alpha value is -5.04. The molecule has 2 aromatic carbocycles. The van der Waals surface area contributed by atoms with Crippen LogP contribution in [0.5, 0.6) is 5.75 Å². The number of nitrogens with two attached hydrogens (primary N) is 1. The summed E-state index contributed by atoms with van der Waals surface area (Å²) in [6, 6.07) is 12.9. The first-order chi connectivity index (χ1) is 21.2. The largest absolute Gasteiger partial charge is 0.506 e. The lowest BCUT2D eigenvalue weighted by Crippen LogP contribution is -2.40. The number of rotatable bonds is 11. The number of anilines is 2. The van der Waals surface area contributed by atoms with Crippen LogP contribution in [0.15, 0.2) is 42.6 Å². The number of pyridine rings is 1. The second-order valence-electron chi connectivity index (χ2n) is 10.7. The molecule has 6 N–H and O–H groups in total. The van der Waals surface area contributed by atoms with Crippen molar-refractivity contribution in [1.82, 2.24) is 10.5 Å². The van der Waals surface area contributed by atoms with Gasteiger partial charge in [0.05, 0.1) is 11.3 Å². The molecule has 1 saturated heterocycles. The standard InChI is InChI=1S/C32H34FN7O4/c33-26-15-21(7-8-22(26)17-34)31-24(18-35)32(40-13-11-23(36)12-14-40)37-19-25(31)20-9-10-27(28(41)16-20)38-29(42)5-3-1-2-4-6-30(43)39-44/h7-10,15-16,19,23,41,44H,1-6,11-14,36H2,(H,38,42)(H,39,43). The molecule has 12 heteroatoms. The molecule has 0 atom stereocenters. The SMILES string of the molecule is N#Cc1ccc(-c2c(-c3ccc(NC(=O)CCCCCCC(=O)NO)c(O)c3)cnc(N3CCC(N)CC3)c2C#N)cc1F. The van der Waals surface area contributed by atoms with E-state index in [0.717, 1.165) is 25.7 Å². The van der Waals surface area contributed by atoms with Gasteiger partial charge in [0.15, 0.2) is 0 Å². The number of piperidine rings is 1. The van der Waals surface area contributed by atoms with Crippen molar-refractivity contribution < 1.29 is 24.3 Å². The summed E-state index contributed by atoms with van der Waals surface area (Å²) in [7, 11) is 0. The van der Waals surface area contributed by atoms with E-state index >= 15 is 0 Å². The van der Waals surface area contributed by atoms with Gasteiger partial charge in [-0.1, -0.05) is 25.0 Å². The molecule has 0 bridgehead atoms. The van der Waals surface area contributed by atoms with Crippen LogP contribution in [-0.4, -0.2) is 46.2 Å². The minimum atomic E-state index is -0.723. The number of phenols is 1. The molecular weight excluding hydrogens is 565 g/mol. The molecule has 1 aliphatic rings. The zero-order valence-electron chi connectivity index (χ0n) is 24.1. The van der Waals surface area contributed by atoms with Crippen molar-refractivity contribution in [2.24, 2.45) is 5.73 Å². The maximum atomic E-state index is 14.8. The van der Waals surface area contributed by atoms with Crippen LogP contribution in [0.1, 0.15) is 62.5 Å². The van der Waals surface area contributed by atoms with Crippen LogP contribution in [0, 0.1) is 28.5 Å². The highest BCUT2D eigenvalue weighted by molar-refractivity contribution is 5.94. The molecule has 44 heavy (non-hydrogen) atoms. The highest BCUT2D eigenvalue weighted by Crippen LogP contribution is 2.41. The molecule has 11 nitrogen and oxygen atoms in total. The summed E-state index contributed by atoms with van der Waals surface area (Å²) in [5.41, 5.74) is 9.71. The van der Waals surface area contributed by atoms with Crippen molar-refractivity contribution in [2.45, 2.75) is 57.4 Å². The molecule has 228 valence electrons. The maximum Gasteiger partial charge on any atom is 0.243 e. The Morgan fingerprint density at radius 2 is 1.68 bits per heavy atom. The smallest absolute Gasteiger partial charge is 0.243 e. The number of hydroxylamine groups is 1. The number of carbonyl (C=O) groups is 2. The van der Waals surface area contributed by atoms with Crippen molar-refractivity contribution in [2.75, 3.05) is 23.3 Å². The number of nitriles is 2. The number of unbranched alkanes of at least 4 members (excludes halogenated alkanes) is 3. The number of benzene rings is 2. The van der Waals surface area contributed by atoms with E-state index in [1.807, 2.05) is 11.0 Å². The minimum absolute atomic E-state index is 0.0669. The molecule has 3 aromatic rings. The Kier molecular flexibility index (Phi) is 10.8. The summed E-state index contributed by atoms with van der Waals surface area (Å²) in [6.45, 7) is 1.22. The van der Waals surface area contributed by atoms with Gasteiger partial charge in [-0.3, -0.25) is 14.8 Å². The zero-order valence-corrected chi connectivity index (χ0v) is 24.1. The van der Waals surface area contributed by atoms with Crippen LogP contribution < -0.4 is 21.4 Å². The third-order valence-electron chi connectivity index (χ3n) is 7.65. The fraction of sp³-hybridized carbons (Fsp3) is 0.344. The second-order valence-corrected chi connectivity index (χ2v) is 10.7. The lowest BCUT2D eigenvalue weighted by atomic mass is 9.91. The average Bonchev–Trinajstić information content (AvgIpc) is 3.03. The van der Waals surface area contributed by atoms with E-state index in [1.165, 1.54) is 18.2 Å². The average molecular weight is 600 g/mol. The van der Waals surface area contributed by atoms with E-state index in [9.17, 15) is 29.6 Å². The van der Waals surface area contributed by atoms with Gasteiger partial charge in [0.2, 0.25) is 11.8 Å². The molecule has 1 fully saturated rings. The van der Waals surface area contributed by atoms with Gasteiger partial charge in [-0.15, -0.1) is 0 Å². The molecule has 0 aliphatic carbocycles. The first kappa shape index (κ1) is 31.9. The first-order valence-corrected chi connectivity index (χ1v) is 14.5. The van der Waals surface area contributed by atoms with E-state index in [-0.39, 0.29) is 47.4 Å². The van der Waals surface area contributed by atoms with Gasteiger partial charge < -0.3 is 21.1 Å². The molecule has 2 amide bonds. The van der Waals surface area contributed by atoms with Crippen LogP contribution in [0.25, 0.3) is 22.3 Å². The fourth-order valence-electron chi connectivity index (χ4n) is 5.24. The van der Waals surface area contributed by atoms with Crippen molar-refractivity contribution in [3.63, 3.8) is 0 Å². The van der Waals surface area contributed by atoms with Crippen molar-refractivity contribution >= 4 is 23.3 Å². The quantitative estimate of drug-likeness (QED) is 0.0899. The first-order valence-electron chi connectivity index (χ1n) is 14.5. The normalized spacial score (nSPS) is 13.2. The van der Waals surface area contributed by atoms with E-state index in [2.05, 4.69) is 16.4 Å². The lowest BCUT2D eigenvalue weighted by molar-refractivity contribution is -0.129. The number of amides is 2. The lowest BCUT2D eigenvalue weighted by Gasteiger charge is -2.32. The third kappa shape index (κ3) is 7.67. The number of hydrogen-bond donors (Lipinski definition) is 5. The van der Waals surface area contributed by atoms with Gasteiger partial charge in [-0.2, -0.15) is 10.5 Å². The number of nitrogens with zero attached hydrogens (tertiary/aromatic N) is 4. The van der Waals surface area contributed by atoms with Gasteiger partial charge in [-0.25, -0.2) is 14.9 Å². The summed E-state index contributed by atoms with van der Waals surface area (Å²) in [4.78, 5) is 30.1. The van der Waals surface area contributed by atoms with Gasteiger partial charge in [0.1, 0.15) is 35.1 Å². The molecule has 2 heterocycles. The van der Waals surface area contributed by atoms with Crippen LogP contribution in [0.4, 0.5) is 15.9 Å². The molecule has 0 spiro atoms. The number of phenolic OH excluding ortho intramolecular Hbond substituents is 1. The summed E-state index contributed by atoms with van der Waals surface area (Å²) in [6.07, 6.45) is 6.13. The molecule has 1 aromatic heterocycles. The molecule has 1 aliphatic heterocycles. The Balaban J connectivity index is 1.60. The topological polar surface area (TPSA) is 188 Å². The monoisotopic (exact) mass is 599 g/mol. The Bertz CT molecular complexity index is 1610. The number of halogens is 1. The molecule has 0 radical (unpaired) electrons. The van der Waals surface area contributed by atoms with Crippen LogP contribution >= 0.6 is 0 Å². The van der Waals surface area contributed by atoms with Crippen molar-refractivity contribution in [1.29, 1.82) is 10.5 Å². The molecule has 0 unspecified atom stereocenters. The second kappa shape index (κ2) is 14.9. The van der Waals surface area contributed by atoms with E-state index in [1.54, 1.807) is 29.9 Å². The van der Waals surface area contributed by atoms with Crippen molar-refractivity contribution in [3.8, 4) is 40.1 Å². The predicted molar refractivity (Wildman–Crippen MR) is 162 cm³/mol. The van der Waals surface area contributed by atoms with Crippen LogP contribution in [-0.2, 0) is 9.59 Å². The van der Waals surface area contributed by atoms with E-state index in [0.29, 0.717) is 54.0 Å². The summed E-state index contributed by atoms with van der Waals surface area (Å²) in [5.74, 6) is -1.20. The fourth-order valence-corrected chi connectivity index (χ4v) is 5.24. The minimum Gasteiger partial charge on any atom is -0.506 e. The number of carbonyl (C=O) groups excluding carboxylic acids is 2. The molecule has 4 rings (SSSR count). The van der Waals surface area contributed by atoms with E-state index in [4.69, 9.17) is 10.9 Å². The van der Waals surface area contributed by atoms with Gasteiger partial charge in [0, 0.05) is 49.3 Å². The number of aromatic nitrogens is 1. The Morgan fingerprint density at radius 1 is 1.00 bits per heavy atom. The Labute approximate surface area is 254 Å². The predicted octanol–water partition coefficient (Wildman–Crippen LogP) is 4.72. The highest BCUT2D eigenvalue weighted by Gasteiger charge is 2.25. The van der Waals surface area contributed by atoms with Gasteiger partial charge in [-0.05, 0) is 61.1 Å².